The number of methoxy groups -OCH3 is 1. The second-order valence-corrected chi connectivity index (χ2v) is 33.9. The zero-order chi connectivity index (χ0) is 90.7. The smallest absolute Gasteiger partial charge is 0.410 e. The maximum absolute atomic E-state index is 14.7. The standard InChI is InChI=1S/C28H25FN4O3.C27H29F3N4O3.C20H17ClFNO3.C13H15FN4O.C8H9N3.ClH/c1-16-12-24-23(30-16)10-11-26(31-24)32-27(34)25-13-17(29)14-33(25)28(35)36-15-22-20-8-4-2-6-18(20)19-7-3-5-9-21(19)22;1-16-13-21-20(31-16)7-8-23(32-21)33-24(35)22-14-18(28)15-34(22)25(36)26(9-11-27(29,30)12-10-26)17-3-5-19(37-2)6-4-17;21-19(24)18-9-12(22)10-23(18)20(25)26-11-17-15-7-3-1-5-13(15)14-6-2-4-8-16(14)17;1-7-4-10-9(16-7)2-3-12(17-10)18-13(19)11-5-8(14)6-15-11;1-5-4-7-6(10-5)2-3-8(9)11-7;/h2-12,17,22,25,30H,13-15H2,1H3,(H,31,32,34);3-8,13,18,22,31H,9-12,14-15H2,1-2H3,(H,32,33,35);1-8,12,17-18H,9-11H2;2-4,8,11,15-16H,5-6H2,1H3,(H,17,18,19);2-4,10H,1H3,(H2,9,11);1H/t17-,25-;18-,22-;12-,18-;8-,11-;;/m1111../s1. The molecule has 8 aromatic heterocycles. The van der Waals surface area contributed by atoms with Gasteiger partial charge in [0.15, 0.2) is 0 Å². The third-order valence-corrected chi connectivity index (χ3v) is 24.8. The highest BCUT2D eigenvalue weighted by Gasteiger charge is 2.54. The number of fused-ring (bicyclic) bond motifs is 10. The molecule has 10 N–H and O–H groups in total. The van der Waals surface area contributed by atoms with Crippen molar-refractivity contribution in [1.29, 1.82) is 0 Å². The molecule has 5 aromatic carbocycles. The van der Waals surface area contributed by atoms with Crippen LogP contribution >= 0.6 is 24.0 Å². The number of nitrogen functional groups attached to an aromatic ring is 1. The Labute approximate surface area is 754 Å². The van der Waals surface area contributed by atoms with Gasteiger partial charge in [-0.1, -0.05) is 109 Å². The third kappa shape index (κ3) is 20.1. The zero-order valence-corrected chi connectivity index (χ0v) is 73.1. The number of anilines is 4. The number of ether oxygens (including phenoxy) is 3. The maximum Gasteiger partial charge on any atom is 0.410 e. The van der Waals surface area contributed by atoms with Crippen LogP contribution in [0.4, 0.5) is 59.2 Å². The number of nitrogens with zero attached hydrogens (tertiary/aromatic N) is 7. The summed E-state index contributed by atoms with van der Waals surface area (Å²) in [6.07, 6.45) is -7.54. The van der Waals surface area contributed by atoms with Gasteiger partial charge in [-0.05, 0) is 187 Å². The van der Waals surface area contributed by atoms with Gasteiger partial charge in [0.1, 0.15) is 85.0 Å². The molecular weight excluding hydrogens is 1720 g/mol. The summed E-state index contributed by atoms with van der Waals surface area (Å²) in [6, 6.07) is 57.2. The van der Waals surface area contributed by atoms with Crippen molar-refractivity contribution < 1.29 is 74.1 Å². The van der Waals surface area contributed by atoms with Gasteiger partial charge in [0.2, 0.25) is 34.8 Å². The lowest BCUT2D eigenvalue weighted by Crippen LogP contribution is -2.54. The van der Waals surface area contributed by atoms with E-state index >= 15 is 0 Å². The fraction of sp³-hybridized carbons (Fsp3) is 0.323. The fourth-order valence-electron chi connectivity index (χ4n) is 18.2. The molecule has 0 radical (unpaired) electrons. The van der Waals surface area contributed by atoms with Gasteiger partial charge in [0.05, 0.1) is 82.3 Å². The van der Waals surface area contributed by atoms with Crippen LogP contribution in [0, 0.1) is 27.7 Å². The number of aryl methyl sites for hydroxylation is 4. The number of aromatic nitrogens is 8. The molecule has 13 aromatic rings. The van der Waals surface area contributed by atoms with Crippen LogP contribution in [0.2, 0.25) is 0 Å². The molecule has 5 fully saturated rings. The van der Waals surface area contributed by atoms with E-state index in [2.05, 4.69) is 73.3 Å². The molecule has 1 saturated carbocycles. The van der Waals surface area contributed by atoms with Crippen molar-refractivity contribution in [2.24, 2.45) is 0 Å². The van der Waals surface area contributed by atoms with Crippen LogP contribution < -0.4 is 31.7 Å². The van der Waals surface area contributed by atoms with Gasteiger partial charge >= 0.3 is 12.2 Å². The molecule has 130 heavy (non-hydrogen) atoms. The van der Waals surface area contributed by atoms with Crippen LogP contribution in [-0.2, 0) is 38.9 Å². The van der Waals surface area contributed by atoms with E-state index in [9.17, 15) is 59.9 Å². The topological polar surface area (TPSA) is 346 Å². The number of carbonyl (C=O) groups is 7. The molecule has 4 saturated heterocycles. The van der Waals surface area contributed by atoms with Crippen molar-refractivity contribution in [3.05, 3.63) is 245 Å². The van der Waals surface area contributed by atoms with Gasteiger partial charge < -0.3 is 66.0 Å². The molecule has 26 nitrogen and oxygen atoms in total. The molecule has 7 aliphatic rings. The lowest BCUT2D eigenvalue weighted by atomic mass is 9.67. The SMILES string of the molecule is COc1ccc(C2(C(=O)N3C[C@H](F)C[C@@H]3C(=O)Nc3ccc4[nH]c(C)cc4n3)CCC(F)(F)CC2)cc1.Cc1cc2nc(N)ccc2[nH]1.Cc1cc2nc(NC(=O)[C@H]3C[C@@H](F)CN3)ccc2[nH]1.Cc1cc2nc(NC(=O)[C@H]3C[C@@H](F)CN3C(=O)OCC3c4ccccc4-c4ccccc43)ccc2[nH]1.Cl.O=C(Cl)[C@H]1C[C@@H](F)CN1C(=O)OCC1c2ccccc2-c2ccccc21. The van der Waals surface area contributed by atoms with E-state index in [1.807, 2.05) is 155 Å². The summed E-state index contributed by atoms with van der Waals surface area (Å²) in [5.74, 6) is -2.59. The van der Waals surface area contributed by atoms with Crippen molar-refractivity contribution >= 4 is 132 Å². The number of likely N-dealkylation sites (tertiary alicyclic amines) is 3. The summed E-state index contributed by atoms with van der Waals surface area (Å²) < 4.78 is 100. The number of halogens is 8. The normalized spacial score (nSPS) is 20.2. The zero-order valence-electron chi connectivity index (χ0n) is 71.5. The van der Waals surface area contributed by atoms with E-state index in [1.54, 1.807) is 54.6 Å². The van der Waals surface area contributed by atoms with Crippen molar-refractivity contribution in [2.45, 2.75) is 151 Å². The van der Waals surface area contributed by atoms with Crippen molar-refractivity contribution in [2.75, 3.05) is 68.2 Å². The van der Waals surface area contributed by atoms with Crippen molar-refractivity contribution in [3.63, 3.8) is 0 Å². The highest BCUT2D eigenvalue weighted by Crippen LogP contribution is 2.50. The molecule has 34 heteroatoms. The third-order valence-electron chi connectivity index (χ3n) is 24.5. The number of carbonyl (C=O) groups excluding carboxylic acids is 7. The number of rotatable bonds is 14. The second-order valence-electron chi connectivity index (χ2n) is 33.5. The summed E-state index contributed by atoms with van der Waals surface area (Å²) in [5.41, 5.74) is 24.4. The predicted molar refractivity (Wildman–Crippen MR) is 486 cm³/mol. The average Bonchev–Trinajstić information content (AvgIpc) is 1.74. The molecule has 12 heterocycles. The Hall–Kier alpha value is -13.3. The van der Waals surface area contributed by atoms with Gasteiger partial charge in [-0.3, -0.25) is 33.8 Å². The van der Waals surface area contributed by atoms with Crippen LogP contribution in [0.5, 0.6) is 5.75 Å². The van der Waals surface area contributed by atoms with Gasteiger partial charge in [-0.2, -0.15) is 0 Å². The number of nitrogens with one attached hydrogen (secondary N) is 8. The van der Waals surface area contributed by atoms with Crippen LogP contribution in [-0.4, -0.2) is 197 Å². The number of H-pyrrole nitrogens is 4. The summed E-state index contributed by atoms with van der Waals surface area (Å²) in [6.45, 7) is 7.62. The monoisotopic (exact) mass is 1820 g/mol. The van der Waals surface area contributed by atoms with Gasteiger partial charge in [0.25, 0.3) is 0 Å². The Kier molecular flexibility index (Phi) is 27.4. The van der Waals surface area contributed by atoms with Crippen LogP contribution in [0.1, 0.15) is 114 Å². The Morgan fingerprint density at radius 3 is 1.21 bits per heavy atom. The van der Waals surface area contributed by atoms with E-state index in [1.165, 1.54) is 16.9 Å². The Balaban J connectivity index is 0.000000130. The van der Waals surface area contributed by atoms with Crippen LogP contribution in [0.25, 0.3) is 66.4 Å². The van der Waals surface area contributed by atoms with Crippen molar-refractivity contribution in [3.8, 4) is 28.0 Å². The van der Waals surface area contributed by atoms with E-state index in [0.717, 1.165) is 105 Å². The molecule has 0 spiro atoms. The summed E-state index contributed by atoms with van der Waals surface area (Å²) in [4.78, 5) is 123. The number of hydrogen-bond donors (Lipinski definition) is 9. The van der Waals surface area contributed by atoms with Gasteiger partial charge in [-0.15, -0.1) is 12.4 Å². The molecule has 6 amide bonds. The number of amides is 6. The Morgan fingerprint density at radius 1 is 0.454 bits per heavy atom. The molecule has 20 rings (SSSR count). The highest BCUT2D eigenvalue weighted by atomic mass is 35.5. The summed E-state index contributed by atoms with van der Waals surface area (Å²) >= 11 is 5.49. The number of aromatic amines is 4. The average molecular weight is 1820 g/mol. The first-order chi connectivity index (χ1) is 62.0. The quantitative estimate of drug-likeness (QED) is 0.0361. The molecule has 0 bridgehead atoms. The molecule has 676 valence electrons. The number of nitrogens with two attached hydrogens (primary N) is 1. The molecule has 3 aliphatic carbocycles. The Bertz CT molecular complexity index is 6290. The van der Waals surface area contributed by atoms with E-state index < -0.39 is 108 Å². The largest absolute Gasteiger partial charge is 0.497 e. The summed E-state index contributed by atoms with van der Waals surface area (Å²) in [5, 5.41) is 10.3. The number of pyridine rings is 4. The lowest BCUT2D eigenvalue weighted by molar-refractivity contribution is -0.146. The van der Waals surface area contributed by atoms with E-state index in [0.29, 0.717) is 39.8 Å². The molecular formula is C96H96Cl2F6N16O10. The number of alkyl halides is 6. The first kappa shape index (κ1) is 91.4. The first-order valence-electron chi connectivity index (χ1n) is 42.6. The first-order valence-corrected chi connectivity index (χ1v) is 43.0. The van der Waals surface area contributed by atoms with E-state index in [4.69, 9.17) is 31.5 Å². The lowest BCUT2D eigenvalue weighted by Gasteiger charge is -2.42. The molecule has 4 aliphatic heterocycles. The summed E-state index contributed by atoms with van der Waals surface area (Å²) in [7, 11) is 1.51. The minimum atomic E-state index is -2.87. The number of hydrogen-bond acceptors (Lipinski definition) is 16. The van der Waals surface area contributed by atoms with Crippen LogP contribution in [0.3, 0.4) is 0 Å². The minimum absolute atomic E-state index is 0. The van der Waals surface area contributed by atoms with Crippen LogP contribution in [0.15, 0.2) is 194 Å². The Morgan fingerprint density at radius 2 is 0.815 bits per heavy atom. The van der Waals surface area contributed by atoms with E-state index in [-0.39, 0.29) is 114 Å². The van der Waals surface area contributed by atoms with Gasteiger partial charge in [0, 0.05) is 79.7 Å². The predicted octanol–water partition coefficient (Wildman–Crippen LogP) is 17.6. The second kappa shape index (κ2) is 38.9. The van der Waals surface area contributed by atoms with Crippen molar-refractivity contribution in [1.82, 2.24) is 59.9 Å². The maximum atomic E-state index is 14.7. The fourth-order valence-corrected chi connectivity index (χ4v) is 18.4. The van der Waals surface area contributed by atoms with Gasteiger partial charge in [-0.25, -0.2) is 55.9 Å². The molecule has 0 unspecified atom stereocenters. The highest BCUT2D eigenvalue weighted by molar-refractivity contribution is 6.64. The number of benzene rings is 5. The minimum Gasteiger partial charge on any atom is -0.497 e. The molecule has 8 atom stereocenters.